The Bertz CT molecular complexity index is 380. The lowest BCUT2D eigenvalue weighted by Crippen LogP contribution is -2.14. The van der Waals surface area contributed by atoms with Gasteiger partial charge in [-0.1, -0.05) is 0 Å². The van der Waals surface area contributed by atoms with E-state index >= 15 is 0 Å². The fourth-order valence-electron chi connectivity index (χ4n) is 0.990. The van der Waals surface area contributed by atoms with Crippen molar-refractivity contribution >= 4 is 15.9 Å². The van der Waals surface area contributed by atoms with Crippen LogP contribution in [0.3, 0.4) is 0 Å². The summed E-state index contributed by atoms with van der Waals surface area (Å²) >= 11 is 1.63. The van der Waals surface area contributed by atoms with E-state index in [0.717, 1.165) is 6.92 Å². The minimum Gasteiger partial charge on any atom is -0.203 e. The van der Waals surface area contributed by atoms with E-state index in [1.54, 1.807) is 15.9 Å². The van der Waals surface area contributed by atoms with Gasteiger partial charge in [-0.05, 0) is 22.9 Å². The lowest BCUT2D eigenvalue weighted by molar-refractivity contribution is 0.102. The van der Waals surface area contributed by atoms with Crippen molar-refractivity contribution in [2.24, 2.45) is 0 Å². The van der Waals surface area contributed by atoms with Gasteiger partial charge in [0.2, 0.25) is 0 Å². The predicted molar refractivity (Wildman–Crippen MR) is 43.8 cm³/mol. The standard InChI is InChI=1S/C8H3BrF6/c1-2-4(10)6(12)3(8(9,14)15)7(13)5(2)11/h1H3. The summed E-state index contributed by atoms with van der Waals surface area (Å²) in [6.07, 6.45) is 0. The summed E-state index contributed by atoms with van der Waals surface area (Å²) in [6, 6.07) is 0. The van der Waals surface area contributed by atoms with E-state index in [2.05, 4.69) is 0 Å². The smallest absolute Gasteiger partial charge is 0.203 e. The average Bonchev–Trinajstić information content (AvgIpc) is 2.09. The third-order valence-corrected chi connectivity index (χ3v) is 2.16. The Hall–Kier alpha value is -0.720. The van der Waals surface area contributed by atoms with Crippen LogP contribution in [0.25, 0.3) is 0 Å². The molecule has 0 nitrogen and oxygen atoms in total. The van der Waals surface area contributed by atoms with E-state index in [0.29, 0.717) is 0 Å². The zero-order chi connectivity index (χ0) is 12.0. The molecule has 0 aliphatic rings. The van der Waals surface area contributed by atoms with Crippen LogP contribution in [0.2, 0.25) is 0 Å². The molecule has 0 atom stereocenters. The second-order valence-electron chi connectivity index (χ2n) is 2.75. The van der Waals surface area contributed by atoms with Crippen LogP contribution >= 0.6 is 15.9 Å². The van der Waals surface area contributed by atoms with E-state index in [1.165, 1.54) is 0 Å². The zero-order valence-corrected chi connectivity index (χ0v) is 8.73. The molecular weight excluding hydrogens is 290 g/mol. The highest BCUT2D eigenvalue weighted by Crippen LogP contribution is 2.40. The topological polar surface area (TPSA) is 0 Å². The first-order chi connectivity index (χ1) is 6.68. The van der Waals surface area contributed by atoms with Gasteiger partial charge in [0, 0.05) is 5.56 Å². The van der Waals surface area contributed by atoms with Gasteiger partial charge in [0.1, 0.15) is 5.56 Å². The first kappa shape index (κ1) is 12.4. The molecule has 84 valence electrons. The molecule has 0 aromatic heterocycles. The van der Waals surface area contributed by atoms with E-state index in [-0.39, 0.29) is 0 Å². The first-order valence-electron chi connectivity index (χ1n) is 3.57. The van der Waals surface area contributed by atoms with Crippen LogP contribution in [0.4, 0.5) is 26.3 Å². The Morgan fingerprint density at radius 2 is 1.20 bits per heavy atom. The van der Waals surface area contributed by atoms with Crippen LogP contribution in [-0.2, 0) is 4.83 Å². The quantitative estimate of drug-likeness (QED) is 0.417. The number of benzene rings is 1. The van der Waals surface area contributed by atoms with Crippen LogP contribution < -0.4 is 0 Å². The molecule has 0 spiro atoms. The maximum absolute atomic E-state index is 12.9. The third-order valence-electron chi connectivity index (χ3n) is 1.77. The molecule has 0 fully saturated rings. The Labute approximate surface area is 89.0 Å². The molecule has 0 saturated carbocycles. The fraction of sp³-hybridized carbons (Fsp3) is 0.250. The highest BCUT2D eigenvalue weighted by molar-refractivity contribution is 9.09. The molecule has 0 amide bonds. The maximum atomic E-state index is 12.9. The molecule has 1 rings (SSSR count). The molecule has 0 aliphatic carbocycles. The summed E-state index contributed by atoms with van der Waals surface area (Å²) in [5, 5.41) is 0. The molecule has 15 heavy (non-hydrogen) atoms. The van der Waals surface area contributed by atoms with Crippen LogP contribution in [0, 0.1) is 30.2 Å². The second kappa shape index (κ2) is 3.70. The molecule has 1 aromatic carbocycles. The number of hydrogen-bond acceptors (Lipinski definition) is 0. The zero-order valence-electron chi connectivity index (χ0n) is 7.15. The van der Waals surface area contributed by atoms with Crippen molar-refractivity contribution in [3.05, 3.63) is 34.4 Å². The van der Waals surface area contributed by atoms with Gasteiger partial charge >= 0.3 is 4.83 Å². The van der Waals surface area contributed by atoms with Gasteiger partial charge in [0.15, 0.2) is 23.3 Å². The maximum Gasteiger partial charge on any atom is 0.332 e. The molecule has 1 aromatic rings. The van der Waals surface area contributed by atoms with Crippen LogP contribution in [-0.4, -0.2) is 0 Å². The molecule has 0 aliphatic heterocycles. The van der Waals surface area contributed by atoms with Crippen LogP contribution in [0.1, 0.15) is 11.1 Å². The van der Waals surface area contributed by atoms with Gasteiger partial charge in [0.05, 0.1) is 0 Å². The van der Waals surface area contributed by atoms with Gasteiger partial charge in [-0.15, -0.1) is 0 Å². The van der Waals surface area contributed by atoms with Gasteiger partial charge in [0.25, 0.3) is 0 Å². The largest absolute Gasteiger partial charge is 0.332 e. The van der Waals surface area contributed by atoms with Crippen molar-refractivity contribution in [3.63, 3.8) is 0 Å². The first-order valence-corrected chi connectivity index (χ1v) is 4.37. The minimum atomic E-state index is -4.17. The SMILES string of the molecule is Cc1c(F)c(F)c(C(F)(F)Br)c(F)c1F. The second-order valence-corrected chi connectivity index (χ2v) is 3.75. The Morgan fingerprint density at radius 1 is 0.867 bits per heavy atom. The van der Waals surface area contributed by atoms with E-state index < -0.39 is 39.2 Å². The number of hydrogen-bond donors (Lipinski definition) is 0. The summed E-state index contributed by atoms with van der Waals surface area (Å²) in [5.41, 5.74) is -2.95. The normalized spacial score (nSPS) is 12.0. The highest BCUT2D eigenvalue weighted by Gasteiger charge is 2.38. The van der Waals surface area contributed by atoms with Gasteiger partial charge < -0.3 is 0 Å². The Kier molecular flexibility index (Phi) is 3.04. The van der Waals surface area contributed by atoms with Crippen molar-refractivity contribution in [1.82, 2.24) is 0 Å². The van der Waals surface area contributed by atoms with E-state index in [1.807, 2.05) is 0 Å². The van der Waals surface area contributed by atoms with Gasteiger partial charge in [-0.3, -0.25) is 0 Å². The highest BCUT2D eigenvalue weighted by atomic mass is 79.9. The summed E-state index contributed by atoms with van der Waals surface area (Å²) < 4.78 is 76.6. The summed E-state index contributed by atoms with van der Waals surface area (Å²) in [7, 11) is 0. The molecule has 0 radical (unpaired) electrons. The lowest BCUT2D eigenvalue weighted by atomic mass is 10.1. The van der Waals surface area contributed by atoms with Gasteiger partial charge in [-0.25, -0.2) is 17.6 Å². The van der Waals surface area contributed by atoms with E-state index in [4.69, 9.17) is 0 Å². The van der Waals surface area contributed by atoms with Crippen LogP contribution in [0.5, 0.6) is 0 Å². The minimum absolute atomic E-state index is 0.743. The van der Waals surface area contributed by atoms with Crippen molar-refractivity contribution in [3.8, 4) is 0 Å². The molecule has 0 bridgehead atoms. The van der Waals surface area contributed by atoms with E-state index in [9.17, 15) is 26.3 Å². The summed E-state index contributed by atoms with van der Waals surface area (Å²) in [5.74, 6) is -7.87. The van der Waals surface area contributed by atoms with Crippen molar-refractivity contribution in [2.45, 2.75) is 11.8 Å². The van der Waals surface area contributed by atoms with Crippen LogP contribution in [0.15, 0.2) is 0 Å². The molecule has 0 saturated heterocycles. The van der Waals surface area contributed by atoms with Crippen molar-refractivity contribution < 1.29 is 26.3 Å². The molecule has 0 heterocycles. The summed E-state index contributed by atoms with van der Waals surface area (Å²) in [6.45, 7) is 0.743. The Morgan fingerprint density at radius 3 is 1.47 bits per heavy atom. The predicted octanol–water partition coefficient (Wildman–Crippen LogP) is 4.00. The number of halogens is 7. The molecule has 0 N–H and O–H groups in total. The third kappa shape index (κ3) is 1.97. The number of rotatable bonds is 1. The fourth-order valence-corrected chi connectivity index (χ4v) is 1.34. The average molecular weight is 293 g/mol. The molecular formula is C8H3BrF6. The number of alkyl halides is 3. The monoisotopic (exact) mass is 292 g/mol. The van der Waals surface area contributed by atoms with Gasteiger partial charge in [-0.2, -0.15) is 8.78 Å². The van der Waals surface area contributed by atoms with Crippen molar-refractivity contribution in [2.75, 3.05) is 0 Å². The van der Waals surface area contributed by atoms with Crippen molar-refractivity contribution in [1.29, 1.82) is 0 Å². The lowest BCUT2D eigenvalue weighted by Gasteiger charge is -2.13. The molecule has 0 unspecified atom stereocenters. The molecule has 7 heteroatoms. The summed E-state index contributed by atoms with van der Waals surface area (Å²) in [4.78, 5) is -4.17. The Balaban J connectivity index is 3.68.